The van der Waals surface area contributed by atoms with Gasteiger partial charge in [0.15, 0.2) is 5.17 Å². The van der Waals surface area contributed by atoms with Crippen LogP contribution in [-0.4, -0.2) is 31.2 Å². The van der Waals surface area contributed by atoms with Gasteiger partial charge in [-0.2, -0.15) is 0 Å². The van der Waals surface area contributed by atoms with Crippen molar-refractivity contribution in [3.05, 3.63) is 65.1 Å². The van der Waals surface area contributed by atoms with Crippen molar-refractivity contribution >= 4 is 40.3 Å². The van der Waals surface area contributed by atoms with Crippen molar-refractivity contribution < 1.29 is 4.79 Å². The number of carbonyl (C=O) groups is 1. The first-order valence-electron chi connectivity index (χ1n) is 8.60. The molecule has 4 nitrogen and oxygen atoms in total. The highest BCUT2D eigenvalue weighted by atomic mass is 32.2. The molecule has 0 radical (unpaired) electrons. The molecule has 0 bridgehead atoms. The van der Waals surface area contributed by atoms with Gasteiger partial charge in [-0.3, -0.25) is 14.7 Å². The predicted octanol–water partition coefficient (Wildman–Crippen LogP) is 4.64. The fourth-order valence-electron chi connectivity index (χ4n) is 2.61. The van der Waals surface area contributed by atoms with Gasteiger partial charge in [-0.25, -0.2) is 0 Å². The normalized spacial score (nSPS) is 17.6. The summed E-state index contributed by atoms with van der Waals surface area (Å²) < 4.78 is 0. The highest BCUT2D eigenvalue weighted by Gasteiger charge is 2.34. The zero-order chi connectivity index (χ0) is 18.7. The van der Waals surface area contributed by atoms with E-state index >= 15 is 0 Å². The van der Waals surface area contributed by atoms with E-state index in [4.69, 9.17) is 0 Å². The van der Waals surface area contributed by atoms with Gasteiger partial charge in [-0.15, -0.1) is 0 Å². The van der Waals surface area contributed by atoms with Gasteiger partial charge in [-0.05, 0) is 61.5 Å². The summed E-state index contributed by atoms with van der Waals surface area (Å²) in [4.78, 5) is 22.1. The third-order valence-electron chi connectivity index (χ3n) is 3.90. The van der Waals surface area contributed by atoms with E-state index < -0.39 is 0 Å². The molecule has 0 saturated carbocycles. The van der Waals surface area contributed by atoms with E-state index in [9.17, 15) is 4.79 Å². The van der Waals surface area contributed by atoms with Crippen LogP contribution in [0.3, 0.4) is 0 Å². The Kier molecular flexibility index (Phi) is 5.47. The third-order valence-corrected chi connectivity index (χ3v) is 4.88. The van der Waals surface area contributed by atoms with Crippen LogP contribution in [0.15, 0.2) is 64.5 Å². The summed E-state index contributed by atoms with van der Waals surface area (Å²) in [6.45, 7) is 4.03. The van der Waals surface area contributed by atoms with E-state index in [-0.39, 0.29) is 11.9 Å². The third kappa shape index (κ3) is 3.99. The van der Waals surface area contributed by atoms with Crippen LogP contribution in [0.5, 0.6) is 0 Å². The first-order valence-corrected chi connectivity index (χ1v) is 9.41. The summed E-state index contributed by atoms with van der Waals surface area (Å²) in [5, 5.41) is 0.729. The maximum absolute atomic E-state index is 13.0. The molecule has 0 spiro atoms. The van der Waals surface area contributed by atoms with Crippen molar-refractivity contribution in [1.82, 2.24) is 0 Å². The molecule has 1 aliphatic heterocycles. The van der Waals surface area contributed by atoms with E-state index in [1.54, 1.807) is 4.90 Å². The summed E-state index contributed by atoms with van der Waals surface area (Å²) in [7, 11) is 4.02. The highest BCUT2D eigenvalue weighted by Crippen LogP contribution is 2.36. The second-order valence-electron chi connectivity index (χ2n) is 6.58. The maximum Gasteiger partial charge on any atom is 0.271 e. The van der Waals surface area contributed by atoms with Crippen molar-refractivity contribution in [3.63, 3.8) is 0 Å². The molecule has 1 heterocycles. The van der Waals surface area contributed by atoms with Gasteiger partial charge in [-0.1, -0.05) is 30.3 Å². The molecule has 0 atom stereocenters. The molecule has 3 rings (SSSR count). The fraction of sp³-hybridized carbons (Fsp3) is 0.238. The minimum absolute atomic E-state index is 0.0303. The number of amidine groups is 1. The van der Waals surface area contributed by atoms with E-state index in [0.29, 0.717) is 4.91 Å². The number of hydrogen-bond donors (Lipinski definition) is 0. The number of rotatable bonds is 4. The first-order chi connectivity index (χ1) is 12.5. The highest BCUT2D eigenvalue weighted by molar-refractivity contribution is 8.19. The van der Waals surface area contributed by atoms with Crippen molar-refractivity contribution in [2.24, 2.45) is 4.99 Å². The zero-order valence-corrected chi connectivity index (χ0v) is 16.3. The zero-order valence-electron chi connectivity index (χ0n) is 15.5. The van der Waals surface area contributed by atoms with Crippen LogP contribution in [0.4, 0.5) is 11.4 Å². The van der Waals surface area contributed by atoms with Crippen LogP contribution in [0.25, 0.3) is 6.08 Å². The summed E-state index contributed by atoms with van der Waals surface area (Å²) in [6, 6.07) is 18.0. The largest absolute Gasteiger partial charge is 0.378 e. The van der Waals surface area contributed by atoms with Gasteiger partial charge in [0.25, 0.3) is 5.91 Å². The van der Waals surface area contributed by atoms with Gasteiger partial charge in [0, 0.05) is 25.8 Å². The van der Waals surface area contributed by atoms with E-state index in [0.717, 1.165) is 22.1 Å². The average molecular weight is 366 g/mol. The molecule has 2 aromatic carbocycles. The van der Waals surface area contributed by atoms with Crippen molar-refractivity contribution in [2.75, 3.05) is 23.9 Å². The Hall–Kier alpha value is -2.53. The minimum Gasteiger partial charge on any atom is -0.378 e. The fourth-order valence-corrected chi connectivity index (χ4v) is 3.72. The lowest BCUT2D eigenvalue weighted by molar-refractivity contribution is -0.113. The average Bonchev–Trinajstić information content (AvgIpc) is 2.90. The Labute approximate surface area is 159 Å². The van der Waals surface area contributed by atoms with Gasteiger partial charge >= 0.3 is 0 Å². The molecule has 26 heavy (non-hydrogen) atoms. The van der Waals surface area contributed by atoms with Crippen molar-refractivity contribution in [2.45, 2.75) is 19.9 Å². The summed E-state index contributed by atoms with van der Waals surface area (Å²) in [5.74, 6) is -0.0303. The Bertz CT molecular complexity index is 839. The number of hydrogen-bond acceptors (Lipinski definition) is 4. The Morgan fingerprint density at radius 1 is 1.04 bits per heavy atom. The molecule has 0 unspecified atom stereocenters. The Balaban J connectivity index is 1.95. The molecule has 0 N–H and O–H groups in total. The molecule has 0 aromatic heterocycles. The van der Waals surface area contributed by atoms with Gasteiger partial charge < -0.3 is 4.90 Å². The van der Waals surface area contributed by atoms with Gasteiger partial charge in [0.2, 0.25) is 0 Å². The van der Waals surface area contributed by atoms with Crippen LogP contribution in [-0.2, 0) is 4.79 Å². The molecule has 1 aliphatic rings. The second-order valence-corrected chi connectivity index (χ2v) is 7.59. The number of carbonyl (C=O) groups excluding carboxylic acids is 1. The van der Waals surface area contributed by atoms with E-state index in [2.05, 4.69) is 22.0 Å². The number of para-hydroxylation sites is 1. The summed E-state index contributed by atoms with van der Waals surface area (Å²) >= 11 is 1.43. The van der Waals surface area contributed by atoms with Crippen LogP contribution in [0.1, 0.15) is 19.4 Å². The molecule has 2 aromatic rings. The molecule has 0 aliphatic carbocycles. The lowest BCUT2D eigenvalue weighted by Crippen LogP contribution is -2.29. The topological polar surface area (TPSA) is 35.9 Å². The number of thioether (sulfide) groups is 1. The number of nitrogens with zero attached hydrogens (tertiary/aromatic N) is 3. The maximum atomic E-state index is 13.0. The second kappa shape index (κ2) is 7.79. The van der Waals surface area contributed by atoms with Gasteiger partial charge in [0.05, 0.1) is 10.6 Å². The smallest absolute Gasteiger partial charge is 0.271 e. The van der Waals surface area contributed by atoms with Crippen LogP contribution in [0, 0.1) is 0 Å². The lowest BCUT2D eigenvalue weighted by Gasteiger charge is -2.16. The molecule has 1 saturated heterocycles. The molecule has 1 amide bonds. The Morgan fingerprint density at radius 3 is 2.27 bits per heavy atom. The summed E-state index contributed by atoms with van der Waals surface area (Å²) in [5.41, 5.74) is 2.98. The Morgan fingerprint density at radius 2 is 1.69 bits per heavy atom. The van der Waals surface area contributed by atoms with Crippen molar-refractivity contribution in [3.8, 4) is 0 Å². The SMILES string of the molecule is CC(C)N=C1S/C(=C\c2ccc(N(C)C)cc2)C(=O)N1c1ccccc1. The molecule has 134 valence electrons. The summed E-state index contributed by atoms with van der Waals surface area (Å²) in [6.07, 6.45) is 1.94. The van der Waals surface area contributed by atoms with E-state index in [1.165, 1.54) is 11.8 Å². The predicted molar refractivity (Wildman–Crippen MR) is 113 cm³/mol. The standard InChI is InChI=1S/C21H23N3OS/c1-15(2)22-21-24(18-8-6-5-7-9-18)20(25)19(26-21)14-16-10-12-17(13-11-16)23(3)4/h5-15H,1-4H3/b19-14-,22-21?. The van der Waals surface area contributed by atoms with E-state index in [1.807, 2.05) is 76.5 Å². The number of amides is 1. The quantitative estimate of drug-likeness (QED) is 0.741. The minimum atomic E-state index is -0.0303. The van der Waals surface area contributed by atoms with Gasteiger partial charge in [0.1, 0.15) is 0 Å². The first kappa shape index (κ1) is 18.3. The number of anilines is 2. The number of benzene rings is 2. The monoisotopic (exact) mass is 365 g/mol. The molecule has 5 heteroatoms. The lowest BCUT2D eigenvalue weighted by atomic mass is 10.2. The molecule has 1 fully saturated rings. The number of aliphatic imine (C=N–C) groups is 1. The molecular formula is C21H23N3OS. The van der Waals surface area contributed by atoms with Crippen LogP contribution >= 0.6 is 11.8 Å². The van der Waals surface area contributed by atoms with Crippen LogP contribution in [0.2, 0.25) is 0 Å². The van der Waals surface area contributed by atoms with Crippen molar-refractivity contribution in [1.29, 1.82) is 0 Å². The van der Waals surface area contributed by atoms with Crippen LogP contribution < -0.4 is 9.80 Å². The molecular weight excluding hydrogens is 342 g/mol.